The highest BCUT2D eigenvalue weighted by atomic mass is 16.5. The van der Waals surface area contributed by atoms with E-state index in [0.717, 1.165) is 22.2 Å². The summed E-state index contributed by atoms with van der Waals surface area (Å²) in [5, 5.41) is 13.3. The molecule has 1 amide bonds. The summed E-state index contributed by atoms with van der Waals surface area (Å²) in [6.07, 6.45) is 0. The van der Waals surface area contributed by atoms with Gasteiger partial charge in [0.15, 0.2) is 0 Å². The monoisotopic (exact) mass is 424 g/mol. The van der Waals surface area contributed by atoms with Crippen molar-refractivity contribution in [2.75, 3.05) is 61.6 Å². The van der Waals surface area contributed by atoms with E-state index >= 15 is 0 Å². The molecule has 164 valence electrons. The Morgan fingerprint density at radius 3 is 2.77 bits per heavy atom. The third-order valence-electron chi connectivity index (χ3n) is 5.62. The number of aryl methyl sites for hydroxylation is 2. The number of nitrogens with one attached hydrogen (secondary N) is 2. The van der Waals surface area contributed by atoms with Crippen molar-refractivity contribution in [3.8, 4) is 0 Å². The molecule has 0 atom stereocenters. The molecule has 3 N–H and O–H groups in total. The molecular formula is C22H28N6O3. The van der Waals surface area contributed by atoms with Crippen LogP contribution in [0.3, 0.4) is 0 Å². The average molecular weight is 425 g/mol. The Balaban J connectivity index is 1.64. The molecule has 2 aromatic heterocycles. The molecule has 0 bridgehead atoms. The molecule has 0 unspecified atom stereocenters. The van der Waals surface area contributed by atoms with Crippen LogP contribution in [0.5, 0.6) is 0 Å². The summed E-state index contributed by atoms with van der Waals surface area (Å²) in [5.74, 6) is 0.770. The van der Waals surface area contributed by atoms with Gasteiger partial charge in [0.25, 0.3) is 5.91 Å². The lowest BCUT2D eigenvalue weighted by Gasteiger charge is -2.28. The number of carbonyl (C=O) groups excluding carboxylic acids is 1. The average Bonchev–Trinajstić information content (AvgIpc) is 3.07. The number of likely N-dealkylation sites (N-methyl/N-ethyl adjacent to an activating group) is 1. The van der Waals surface area contributed by atoms with E-state index < -0.39 is 0 Å². The van der Waals surface area contributed by atoms with Crippen molar-refractivity contribution in [1.82, 2.24) is 15.0 Å². The van der Waals surface area contributed by atoms with Crippen LogP contribution in [0.1, 0.15) is 21.7 Å². The molecule has 31 heavy (non-hydrogen) atoms. The minimum absolute atomic E-state index is 0.00956. The predicted molar refractivity (Wildman–Crippen MR) is 121 cm³/mol. The van der Waals surface area contributed by atoms with E-state index in [-0.39, 0.29) is 18.2 Å². The number of aliphatic hydroxyl groups is 1. The van der Waals surface area contributed by atoms with E-state index in [4.69, 9.17) is 4.74 Å². The van der Waals surface area contributed by atoms with Crippen LogP contribution in [-0.4, -0.2) is 72.5 Å². The fourth-order valence-electron chi connectivity index (χ4n) is 3.64. The van der Waals surface area contributed by atoms with Crippen molar-refractivity contribution in [3.63, 3.8) is 0 Å². The first kappa shape index (κ1) is 21.1. The topological polar surface area (TPSA) is 107 Å². The normalized spacial score (nSPS) is 14.1. The van der Waals surface area contributed by atoms with Gasteiger partial charge in [-0.2, -0.15) is 4.98 Å². The number of carbonyl (C=O) groups is 1. The van der Waals surface area contributed by atoms with E-state index in [1.807, 2.05) is 37.1 Å². The van der Waals surface area contributed by atoms with Crippen LogP contribution in [0.4, 0.5) is 17.5 Å². The second kappa shape index (κ2) is 8.91. The van der Waals surface area contributed by atoms with Gasteiger partial charge in [0.05, 0.1) is 19.8 Å². The molecule has 4 rings (SSSR count). The van der Waals surface area contributed by atoms with Gasteiger partial charge in [0.1, 0.15) is 11.5 Å². The summed E-state index contributed by atoms with van der Waals surface area (Å²) in [6, 6.07) is 7.46. The van der Waals surface area contributed by atoms with Crippen molar-refractivity contribution in [3.05, 3.63) is 41.2 Å². The van der Waals surface area contributed by atoms with Gasteiger partial charge in [-0.3, -0.25) is 4.79 Å². The number of aromatic nitrogens is 3. The number of anilines is 3. The minimum Gasteiger partial charge on any atom is -0.395 e. The summed E-state index contributed by atoms with van der Waals surface area (Å²) in [5.41, 5.74) is 4.30. The van der Waals surface area contributed by atoms with Crippen molar-refractivity contribution in [2.45, 2.75) is 13.8 Å². The van der Waals surface area contributed by atoms with Crippen molar-refractivity contribution >= 4 is 34.3 Å². The van der Waals surface area contributed by atoms with Crippen LogP contribution in [-0.2, 0) is 4.74 Å². The number of benzene rings is 1. The first-order valence-corrected chi connectivity index (χ1v) is 10.4. The van der Waals surface area contributed by atoms with Crippen molar-refractivity contribution in [1.29, 1.82) is 0 Å². The number of morpholine rings is 1. The zero-order chi connectivity index (χ0) is 22.0. The van der Waals surface area contributed by atoms with Crippen LogP contribution in [0.25, 0.3) is 10.9 Å². The first-order chi connectivity index (χ1) is 15.0. The van der Waals surface area contributed by atoms with Crippen LogP contribution >= 0.6 is 0 Å². The van der Waals surface area contributed by atoms with Crippen molar-refractivity contribution < 1.29 is 14.6 Å². The lowest BCUT2D eigenvalue weighted by molar-refractivity contribution is 0.102. The lowest BCUT2D eigenvalue weighted by atomic mass is 10.1. The molecule has 0 saturated carbocycles. The highest BCUT2D eigenvalue weighted by Gasteiger charge is 2.20. The smallest absolute Gasteiger partial charge is 0.274 e. The molecule has 1 aliphatic heterocycles. The molecule has 0 radical (unpaired) electrons. The standard InChI is InChI=1S/C22H28N6O3/c1-14-15(2)23-18-5-4-16(12-17(14)18)24-21(30)19-13-20(27(3)6-9-29)26-22(25-19)28-7-10-31-11-8-28/h4-5,12-13,23,29H,6-11H2,1-3H3,(H,24,30). The van der Waals surface area contributed by atoms with E-state index in [9.17, 15) is 9.90 Å². The number of hydrogen-bond acceptors (Lipinski definition) is 7. The van der Waals surface area contributed by atoms with E-state index in [1.54, 1.807) is 11.0 Å². The Labute approximate surface area is 181 Å². The van der Waals surface area contributed by atoms with Gasteiger partial charge in [0, 0.05) is 55.0 Å². The molecular weight excluding hydrogens is 396 g/mol. The second-order valence-corrected chi connectivity index (χ2v) is 7.75. The van der Waals surface area contributed by atoms with Crippen molar-refractivity contribution in [2.24, 2.45) is 0 Å². The molecule has 3 aromatic rings. The number of H-pyrrole nitrogens is 1. The zero-order valence-corrected chi connectivity index (χ0v) is 18.1. The van der Waals surface area contributed by atoms with Gasteiger partial charge in [0.2, 0.25) is 5.95 Å². The minimum atomic E-state index is -0.306. The second-order valence-electron chi connectivity index (χ2n) is 7.75. The molecule has 9 heteroatoms. The van der Waals surface area contributed by atoms with E-state index in [1.165, 1.54) is 0 Å². The number of aliphatic hydroxyl groups excluding tert-OH is 1. The Morgan fingerprint density at radius 2 is 2.03 bits per heavy atom. The molecule has 3 heterocycles. The van der Waals surface area contributed by atoms with Gasteiger partial charge in [-0.1, -0.05) is 0 Å². The third-order valence-corrected chi connectivity index (χ3v) is 5.62. The first-order valence-electron chi connectivity index (χ1n) is 10.4. The van der Waals surface area contributed by atoms with Crippen LogP contribution in [0.2, 0.25) is 0 Å². The Morgan fingerprint density at radius 1 is 1.26 bits per heavy atom. The number of ether oxygens (including phenoxy) is 1. The summed E-state index contributed by atoms with van der Waals surface area (Å²) < 4.78 is 5.42. The molecule has 1 saturated heterocycles. The molecule has 1 aliphatic rings. The maximum Gasteiger partial charge on any atom is 0.274 e. The number of aromatic amines is 1. The maximum atomic E-state index is 13.1. The van der Waals surface area contributed by atoms with Gasteiger partial charge < -0.3 is 29.9 Å². The number of fused-ring (bicyclic) bond motifs is 1. The number of rotatable bonds is 6. The van der Waals surface area contributed by atoms with E-state index in [0.29, 0.717) is 50.3 Å². The molecule has 0 aliphatic carbocycles. The van der Waals surface area contributed by atoms with Gasteiger partial charge in [-0.25, -0.2) is 4.98 Å². The van der Waals surface area contributed by atoms with Gasteiger partial charge in [-0.05, 0) is 37.6 Å². The van der Waals surface area contributed by atoms with Crippen LogP contribution < -0.4 is 15.1 Å². The zero-order valence-electron chi connectivity index (χ0n) is 18.1. The summed E-state index contributed by atoms with van der Waals surface area (Å²) in [6.45, 7) is 7.00. The van der Waals surface area contributed by atoms with Gasteiger partial charge in [-0.15, -0.1) is 0 Å². The Kier molecular flexibility index (Phi) is 6.06. The summed E-state index contributed by atoms with van der Waals surface area (Å²) in [7, 11) is 1.83. The predicted octanol–water partition coefficient (Wildman–Crippen LogP) is 2.09. The Hall–Kier alpha value is -3.17. The lowest BCUT2D eigenvalue weighted by Crippen LogP contribution is -2.38. The van der Waals surface area contributed by atoms with Crippen LogP contribution in [0, 0.1) is 13.8 Å². The fraction of sp³-hybridized carbons (Fsp3) is 0.409. The van der Waals surface area contributed by atoms with Crippen LogP contribution in [0.15, 0.2) is 24.3 Å². The summed E-state index contributed by atoms with van der Waals surface area (Å²) >= 11 is 0. The number of hydrogen-bond donors (Lipinski definition) is 3. The highest BCUT2D eigenvalue weighted by molar-refractivity contribution is 6.04. The largest absolute Gasteiger partial charge is 0.395 e. The quantitative estimate of drug-likeness (QED) is 0.556. The van der Waals surface area contributed by atoms with Gasteiger partial charge >= 0.3 is 0 Å². The highest BCUT2D eigenvalue weighted by Crippen LogP contribution is 2.25. The Bertz CT molecular complexity index is 1090. The maximum absolute atomic E-state index is 13.1. The number of nitrogens with zero attached hydrogens (tertiary/aromatic N) is 4. The van der Waals surface area contributed by atoms with E-state index in [2.05, 4.69) is 27.2 Å². The SMILES string of the molecule is Cc1[nH]c2ccc(NC(=O)c3cc(N(C)CCO)nc(N4CCOCC4)n3)cc2c1C. The molecule has 1 fully saturated rings. The molecule has 0 spiro atoms. The molecule has 1 aromatic carbocycles. The summed E-state index contributed by atoms with van der Waals surface area (Å²) in [4.78, 5) is 29.4. The fourth-order valence-corrected chi connectivity index (χ4v) is 3.64. The third kappa shape index (κ3) is 4.47. The molecule has 9 nitrogen and oxygen atoms in total. The number of amides is 1.